The number of hydrogen-bond acceptors (Lipinski definition) is 4. The number of carbonyl (C=O) groups excluding carboxylic acids is 1. The fourth-order valence-corrected chi connectivity index (χ4v) is 4.12. The van der Waals surface area contributed by atoms with E-state index in [4.69, 9.17) is 5.10 Å². The standard InChI is InChI=1S/C24H21N5O/c1-17-22(20-11-6-5-10-19(20)18-8-3-2-4-9-18)23-28(14-7-15-29(23)27-17)24(30)21-16-25-12-13-26-21/h2-6,8-13,16H,7,14-15H2,1H3. The van der Waals surface area contributed by atoms with Crippen LogP contribution in [0.1, 0.15) is 22.6 Å². The SMILES string of the molecule is Cc1nn2c(c1-c1ccccc1-c1ccccc1)N(C(=O)c1cnccn1)CCC2. The first-order chi connectivity index (χ1) is 14.7. The first-order valence-electron chi connectivity index (χ1n) is 10.0. The van der Waals surface area contributed by atoms with Gasteiger partial charge in [0.1, 0.15) is 11.5 Å². The number of anilines is 1. The van der Waals surface area contributed by atoms with E-state index in [-0.39, 0.29) is 5.91 Å². The molecule has 1 aliphatic heterocycles. The van der Waals surface area contributed by atoms with E-state index in [2.05, 4.69) is 34.2 Å². The van der Waals surface area contributed by atoms with Gasteiger partial charge in [0, 0.05) is 31.0 Å². The summed E-state index contributed by atoms with van der Waals surface area (Å²) in [6.07, 6.45) is 5.48. The van der Waals surface area contributed by atoms with E-state index in [0.717, 1.165) is 46.7 Å². The summed E-state index contributed by atoms with van der Waals surface area (Å²) in [4.78, 5) is 23.4. The number of aryl methyl sites for hydroxylation is 2. The number of amides is 1. The molecular weight excluding hydrogens is 374 g/mol. The molecule has 148 valence electrons. The van der Waals surface area contributed by atoms with Crippen molar-refractivity contribution in [2.24, 2.45) is 0 Å². The molecule has 30 heavy (non-hydrogen) atoms. The van der Waals surface area contributed by atoms with Crippen LogP contribution in [0.15, 0.2) is 73.2 Å². The Hall–Kier alpha value is -3.80. The summed E-state index contributed by atoms with van der Waals surface area (Å²) in [5, 5.41) is 4.78. The molecule has 3 heterocycles. The molecule has 5 rings (SSSR count). The minimum Gasteiger partial charge on any atom is -0.291 e. The van der Waals surface area contributed by atoms with Crippen molar-refractivity contribution in [3.8, 4) is 22.3 Å². The van der Waals surface area contributed by atoms with E-state index in [1.165, 1.54) is 6.20 Å². The zero-order chi connectivity index (χ0) is 20.5. The van der Waals surface area contributed by atoms with Gasteiger partial charge in [0.15, 0.2) is 0 Å². The predicted octanol–water partition coefficient (Wildman–Crippen LogP) is 4.37. The van der Waals surface area contributed by atoms with Crippen molar-refractivity contribution >= 4 is 11.7 Å². The summed E-state index contributed by atoms with van der Waals surface area (Å²) >= 11 is 0. The Morgan fingerprint density at radius 1 is 0.933 bits per heavy atom. The zero-order valence-electron chi connectivity index (χ0n) is 16.7. The molecule has 1 aliphatic rings. The highest BCUT2D eigenvalue weighted by molar-refractivity contribution is 6.07. The molecule has 0 spiro atoms. The Morgan fingerprint density at radius 3 is 2.47 bits per heavy atom. The van der Waals surface area contributed by atoms with E-state index in [0.29, 0.717) is 12.2 Å². The topological polar surface area (TPSA) is 63.9 Å². The van der Waals surface area contributed by atoms with Crippen LogP contribution in [0.2, 0.25) is 0 Å². The minimum absolute atomic E-state index is 0.151. The van der Waals surface area contributed by atoms with Crippen LogP contribution < -0.4 is 4.90 Å². The quantitative estimate of drug-likeness (QED) is 0.517. The van der Waals surface area contributed by atoms with Crippen LogP contribution in [-0.4, -0.2) is 32.2 Å². The summed E-state index contributed by atoms with van der Waals surface area (Å²) in [6.45, 7) is 3.42. The second-order valence-electron chi connectivity index (χ2n) is 7.32. The highest BCUT2D eigenvalue weighted by Gasteiger charge is 2.31. The van der Waals surface area contributed by atoms with Gasteiger partial charge in [-0.1, -0.05) is 54.6 Å². The minimum atomic E-state index is -0.151. The molecule has 2 aromatic carbocycles. The van der Waals surface area contributed by atoms with Gasteiger partial charge >= 0.3 is 0 Å². The van der Waals surface area contributed by atoms with Crippen LogP contribution in [0.3, 0.4) is 0 Å². The van der Waals surface area contributed by atoms with Crippen molar-refractivity contribution in [2.75, 3.05) is 11.4 Å². The van der Waals surface area contributed by atoms with Crippen molar-refractivity contribution in [1.29, 1.82) is 0 Å². The van der Waals surface area contributed by atoms with Crippen LogP contribution >= 0.6 is 0 Å². The van der Waals surface area contributed by atoms with Crippen LogP contribution in [0.25, 0.3) is 22.3 Å². The highest BCUT2D eigenvalue weighted by atomic mass is 16.2. The maximum atomic E-state index is 13.3. The van der Waals surface area contributed by atoms with E-state index in [1.807, 2.05) is 41.9 Å². The van der Waals surface area contributed by atoms with E-state index in [1.54, 1.807) is 17.3 Å². The molecule has 0 radical (unpaired) electrons. The van der Waals surface area contributed by atoms with Crippen molar-refractivity contribution in [3.63, 3.8) is 0 Å². The van der Waals surface area contributed by atoms with Gasteiger partial charge < -0.3 is 0 Å². The fourth-order valence-electron chi connectivity index (χ4n) is 4.12. The van der Waals surface area contributed by atoms with Gasteiger partial charge in [0.05, 0.1) is 11.9 Å². The number of nitrogens with zero attached hydrogens (tertiary/aromatic N) is 5. The Morgan fingerprint density at radius 2 is 1.70 bits per heavy atom. The van der Waals surface area contributed by atoms with Crippen LogP contribution in [-0.2, 0) is 6.54 Å². The van der Waals surface area contributed by atoms with Crippen LogP contribution in [0.5, 0.6) is 0 Å². The lowest BCUT2D eigenvalue weighted by Gasteiger charge is -2.29. The normalized spacial score (nSPS) is 13.2. The Bertz CT molecular complexity index is 1200. The lowest BCUT2D eigenvalue weighted by Crippen LogP contribution is -2.38. The van der Waals surface area contributed by atoms with Gasteiger partial charge in [0.25, 0.3) is 5.91 Å². The van der Waals surface area contributed by atoms with Gasteiger partial charge in [-0.15, -0.1) is 0 Å². The molecule has 2 aromatic heterocycles. The summed E-state index contributed by atoms with van der Waals surface area (Å²) in [5.41, 5.74) is 5.57. The van der Waals surface area contributed by atoms with Gasteiger partial charge in [-0.25, -0.2) is 9.67 Å². The molecule has 0 N–H and O–H groups in total. The molecule has 0 bridgehead atoms. The lowest BCUT2D eigenvalue weighted by atomic mass is 9.94. The monoisotopic (exact) mass is 395 g/mol. The molecule has 0 aliphatic carbocycles. The maximum absolute atomic E-state index is 13.3. The van der Waals surface area contributed by atoms with Gasteiger partial charge in [-0.05, 0) is 30.0 Å². The third-order valence-corrected chi connectivity index (χ3v) is 5.42. The first-order valence-corrected chi connectivity index (χ1v) is 10.0. The highest BCUT2D eigenvalue weighted by Crippen LogP contribution is 2.41. The summed E-state index contributed by atoms with van der Waals surface area (Å²) in [7, 11) is 0. The molecule has 0 unspecified atom stereocenters. The third kappa shape index (κ3) is 3.06. The Balaban J connectivity index is 1.68. The van der Waals surface area contributed by atoms with Crippen molar-refractivity contribution in [1.82, 2.24) is 19.7 Å². The maximum Gasteiger partial charge on any atom is 0.279 e. The van der Waals surface area contributed by atoms with Crippen LogP contribution in [0, 0.1) is 6.92 Å². The molecule has 6 nitrogen and oxygen atoms in total. The fraction of sp³-hybridized carbons (Fsp3) is 0.167. The molecule has 1 amide bonds. The molecule has 4 aromatic rings. The zero-order valence-corrected chi connectivity index (χ0v) is 16.7. The number of rotatable bonds is 3. The molecule has 6 heteroatoms. The van der Waals surface area contributed by atoms with E-state index >= 15 is 0 Å². The average molecular weight is 395 g/mol. The molecule has 0 saturated carbocycles. The van der Waals surface area contributed by atoms with Crippen molar-refractivity contribution in [3.05, 3.63) is 84.6 Å². The average Bonchev–Trinajstić information content (AvgIpc) is 3.15. The summed E-state index contributed by atoms with van der Waals surface area (Å²) in [6, 6.07) is 18.6. The Labute approximate surface area is 174 Å². The second kappa shape index (κ2) is 7.55. The first kappa shape index (κ1) is 18.2. The number of carbonyl (C=O) groups is 1. The van der Waals surface area contributed by atoms with E-state index in [9.17, 15) is 4.79 Å². The molecule has 0 saturated heterocycles. The number of fused-ring (bicyclic) bond motifs is 1. The van der Waals surface area contributed by atoms with Gasteiger partial charge in [0.2, 0.25) is 0 Å². The van der Waals surface area contributed by atoms with Gasteiger partial charge in [-0.3, -0.25) is 14.7 Å². The second-order valence-corrected chi connectivity index (χ2v) is 7.32. The Kier molecular flexibility index (Phi) is 4.59. The number of hydrogen-bond donors (Lipinski definition) is 0. The summed E-state index contributed by atoms with van der Waals surface area (Å²) in [5.74, 6) is 0.681. The third-order valence-electron chi connectivity index (χ3n) is 5.42. The number of aromatic nitrogens is 4. The predicted molar refractivity (Wildman–Crippen MR) is 116 cm³/mol. The lowest BCUT2D eigenvalue weighted by molar-refractivity contribution is 0.0976. The molecular formula is C24H21N5O. The smallest absolute Gasteiger partial charge is 0.279 e. The largest absolute Gasteiger partial charge is 0.291 e. The van der Waals surface area contributed by atoms with E-state index < -0.39 is 0 Å². The number of benzene rings is 2. The van der Waals surface area contributed by atoms with Gasteiger partial charge in [-0.2, -0.15) is 5.10 Å². The van der Waals surface area contributed by atoms with Crippen molar-refractivity contribution in [2.45, 2.75) is 19.9 Å². The van der Waals surface area contributed by atoms with Crippen LogP contribution in [0.4, 0.5) is 5.82 Å². The molecule has 0 atom stereocenters. The molecule has 0 fully saturated rings. The van der Waals surface area contributed by atoms with Crippen molar-refractivity contribution < 1.29 is 4.79 Å². The summed E-state index contributed by atoms with van der Waals surface area (Å²) < 4.78 is 1.95.